The Morgan fingerprint density at radius 3 is 2.05 bits per heavy atom. The molecule has 0 fully saturated rings. The number of alkyl halides is 1. The molecule has 0 spiro atoms. The average Bonchev–Trinajstić information content (AvgIpc) is 2.52. The van der Waals surface area contributed by atoms with Crippen LogP contribution >= 0.6 is 15.9 Å². The maximum atomic E-state index is 5.77. The molecule has 20 heavy (non-hydrogen) atoms. The van der Waals surface area contributed by atoms with Crippen LogP contribution in [0.5, 0.6) is 5.75 Å². The van der Waals surface area contributed by atoms with Crippen LogP contribution in [0, 0.1) is 0 Å². The van der Waals surface area contributed by atoms with Crippen LogP contribution in [0.3, 0.4) is 0 Å². The molecule has 0 radical (unpaired) electrons. The summed E-state index contributed by atoms with van der Waals surface area (Å²) in [4.78, 5) is 0. The van der Waals surface area contributed by atoms with Gasteiger partial charge in [-0.05, 0) is 36.1 Å². The summed E-state index contributed by atoms with van der Waals surface area (Å²) in [7, 11) is 0. The molecule has 0 aromatic heterocycles. The Balaban J connectivity index is 1.77. The molecule has 0 aliphatic heterocycles. The molecule has 2 aromatic rings. The van der Waals surface area contributed by atoms with Crippen molar-refractivity contribution in [1.82, 2.24) is 0 Å². The molecule has 0 N–H and O–H groups in total. The van der Waals surface area contributed by atoms with Crippen LogP contribution in [0.4, 0.5) is 0 Å². The number of rotatable bonds is 8. The summed E-state index contributed by atoms with van der Waals surface area (Å²) < 4.78 is 5.77. The summed E-state index contributed by atoms with van der Waals surface area (Å²) in [6, 6.07) is 18.8. The van der Waals surface area contributed by atoms with Crippen molar-refractivity contribution in [1.29, 1.82) is 0 Å². The second kappa shape index (κ2) is 8.80. The van der Waals surface area contributed by atoms with Gasteiger partial charge in [0.1, 0.15) is 5.75 Å². The van der Waals surface area contributed by atoms with Gasteiger partial charge in [-0.25, -0.2) is 0 Å². The van der Waals surface area contributed by atoms with E-state index in [9.17, 15) is 0 Å². The van der Waals surface area contributed by atoms with Crippen molar-refractivity contribution >= 4 is 15.9 Å². The molecular formula is C18H21BrO. The topological polar surface area (TPSA) is 9.23 Å². The summed E-state index contributed by atoms with van der Waals surface area (Å²) in [5.41, 5.74) is 2.48. The van der Waals surface area contributed by atoms with E-state index in [1.165, 1.54) is 30.4 Å². The lowest BCUT2D eigenvalue weighted by atomic mass is 10.1. The van der Waals surface area contributed by atoms with Gasteiger partial charge in [-0.2, -0.15) is 0 Å². The molecule has 0 unspecified atom stereocenters. The molecule has 2 heteroatoms. The summed E-state index contributed by atoms with van der Waals surface area (Å²) in [5.74, 6) is 0.963. The van der Waals surface area contributed by atoms with Crippen LogP contribution in [-0.4, -0.2) is 11.9 Å². The van der Waals surface area contributed by atoms with E-state index in [-0.39, 0.29) is 0 Å². The number of unbranched alkanes of at least 4 members (excludes halogenated alkanes) is 3. The van der Waals surface area contributed by atoms with Gasteiger partial charge in [-0.1, -0.05) is 71.2 Å². The standard InChI is InChI=1S/C18H21BrO/c19-14-6-1-2-7-15-20-18-12-10-17(11-13-18)16-8-4-3-5-9-16/h3-5,8-13H,1-2,6-7,14-15H2. The maximum absolute atomic E-state index is 5.77. The predicted molar refractivity (Wildman–Crippen MR) is 89.6 cm³/mol. The molecule has 1 nitrogen and oxygen atoms in total. The molecule has 0 amide bonds. The Morgan fingerprint density at radius 1 is 0.700 bits per heavy atom. The maximum Gasteiger partial charge on any atom is 0.119 e. The van der Waals surface area contributed by atoms with Crippen LogP contribution < -0.4 is 4.74 Å². The third-order valence-corrected chi connectivity index (χ3v) is 3.82. The zero-order valence-electron chi connectivity index (χ0n) is 11.7. The van der Waals surface area contributed by atoms with Gasteiger partial charge in [0.25, 0.3) is 0 Å². The van der Waals surface area contributed by atoms with Gasteiger partial charge < -0.3 is 4.74 Å². The SMILES string of the molecule is BrCCCCCCOc1ccc(-c2ccccc2)cc1. The number of ether oxygens (including phenoxy) is 1. The number of hydrogen-bond acceptors (Lipinski definition) is 1. The molecule has 2 aromatic carbocycles. The van der Waals surface area contributed by atoms with E-state index < -0.39 is 0 Å². The summed E-state index contributed by atoms with van der Waals surface area (Å²) >= 11 is 3.45. The minimum absolute atomic E-state index is 0.812. The monoisotopic (exact) mass is 332 g/mol. The van der Waals surface area contributed by atoms with Crippen LogP contribution in [0.2, 0.25) is 0 Å². The van der Waals surface area contributed by atoms with Crippen molar-refractivity contribution in [3.05, 3.63) is 54.6 Å². The number of halogens is 1. The molecule has 106 valence electrons. The average molecular weight is 333 g/mol. The second-order valence-electron chi connectivity index (χ2n) is 4.84. The van der Waals surface area contributed by atoms with Crippen LogP contribution in [0.25, 0.3) is 11.1 Å². The first-order valence-corrected chi connectivity index (χ1v) is 8.36. The zero-order chi connectivity index (χ0) is 14.0. The molecule has 0 saturated carbocycles. The van der Waals surface area contributed by atoms with Crippen LogP contribution in [0.1, 0.15) is 25.7 Å². The fraction of sp³-hybridized carbons (Fsp3) is 0.333. The highest BCUT2D eigenvalue weighted by Gasteiger charge is 1.98. The fourth-order valence-electron chi connectivity index (χ4n) is 2.11. The molecule has 2 rings (SSSR count). The van der Waals surface area contributed by atoms with Crippen LogP contribution in [0.15, 0.2) is 54.6 Å². The molecule has 0 aliphatic carbocycles. The highest BCUT2D eigenvalue weighted by molar-refractivity contribution is 9.09. The predicted octanol–water partition coefficient (Wildman–Crippen LogP) is 5.69. The van der Waals surface area contributed by atoms with Gasteiger partial charge >= 0.3 is 0 Å². The van der Waals surface area contributed by atoms with Gasteiger partial charge in [-0.3, -0.25) is 0 Å². The van der Waals surface area contributed by atoms with Crippen molar-refractivity contribution in [2.75, 3.05) is 11.9 Å². The van der Waals surface area contributed by atoms with E-state index >= 15 is 0 Å². The van der Waals surface area contributed by atoms with Crippen molar-refractivity contribution in [3.63, 3.8) is 0 Å². The first-order valence-electron chi connectivity index (χ1n) is 7.24. The van der Waals surface area contributed by atoms with Gasteiger partial charge in [0.2, 0.25) is 0 Å². The van der Waals surface area contributed by atoms with Gasteiger partial charge in [-0.15, -0.1) is 0 Å². The van der Waals surface area contributed by atoms with Gasteiger partial charge in [0.15, 0.2) is 0 Å². The Bertz CT molecular complexity index is 479. The first-order chi connectivity index (χ1) is 9.90. The molecule has 0 saturated heterocycles. The quantitative estimate of drug-likeness (QED) is 0.445. The summed E-state index contributed by atoms with van der Waals surface area (Å²) in [5, 5.41) is 1.11. The largest absolute Gasteiger partial charge is 0.494 e. The Kier molecular flexibility index (Phi) is 6.65. The number of hydrogen-bond donors (Lipinski definition) is 0. The fourth-order valence-corrected chi connectivity index (χ4v) is 2.51. The van der Waals surface area contributed by atoms with Crippen molar-refractivity contribution in [2.45, 2.75) is 25.7 Å². The lowest BCUT2D eigenvalue weighted by Crippen LogP contribution is -1.97. The lowest BCUT2D eigenvalue weighted by Gasteiger charge is -2.07. The normalized spacial score (nSPS) is 10.4. The van der Waals surface area contributed by atoms with E-state index in [2.05, 4.69) is 64.5 Å². The third kappa shape index (κ3) is 5.01. The van der Waals surface area contributed by atoms with Gasteiger partial charge in [0, 0.05) is 5.33 Å². The molecule has 0 atom stereocenters. The Hall–Kier alpha value is -1.28. The van der Waals surface area contributed by atoms with Crippen LogP contribution in [-0.2, 0) is 0 Å². The zero-order valence-corrected chi connectivity index (χ0v) is 13.3. The molecule has 0 bridgehead atoms. The smallest absolute Gasteiger partial charge is 0.119 e. The minimum Gasteiger partial charge on any atom is -0.494 e. The van der Waals surface area contributed by atoms with Crippen molar-refractivity contribution in [2.24, 2.45) is 0 Å². The van der Waals surface area contributed by atoms with E-state index in [1.807, 2.05) is 6.07 Å². The highest BCUT2D eigenvalue weighted by Crippen LogP contribution is 2.22. The molecule has 0 aliphatic rings. The second-order valence-corrected chi connectivity index (χ2v) is 5.64. The summed E-state index contributed by atoms with van der Waals surface area (Å²) in [6.45, 7) is 0.812. The minimum atomic E-state index is 0.812. The Morgan fingerprint density at radius 2 is 1.35 bits per heavy atom. The molecule has 0 heterocycles. The first kappa shape index (κ1) is 15.1. The van der Waals surface area contributed by atoms with Crippen molar-refractivity contribution < 1.29 is 4.74 Å². The summed E-state index contributed by atoms with van der Waals surface area (Å²) in [6.07, 6.45) is 4.91. The third-order valence-electron chi connectivity index (χ3n) is 3.26. The van der Waals surface area contributed by atoms with E-state index in [0.29, 0.717) is 0 Å². The Labute approximate surface area is 130 Å². The highest BCUT2D eigenvalue weighted by atomic mass is 79.9. The van der Waals surface area contributed by atoms with E-state index in [0.717, 1.165) is 24.1 Å². The molecular weight excluding hydrogens is 312 g/mol. The number of benzene rings is 2. The lowest BCUT2D eigenvalue weighted by molar-refractivity contribution is 0.305. The van der Waals surface area contributed by atoms with Crippen molar-refractivity contribution in [3.8, 4) is 16.9 Å². The van der Waals surface area contributed by atoms with E-state index in [4.69, 9.17) is 4.74 Å². The van der Waals surface area contributed by atoms with Gasteiger partial charge in [0.05, 0.1) is 6.61 Å². The van der Waals surface area contributed by atoms with E-state index in [1.54, 1.807) is 0 Å².